The van der Waals surface area contributed by atoms with Gasteiger partial charge in [0.15, 0.2) is 0 Å². The highest BCUT2D eigenvalue weighted by molar-refractivity contribution is 6.08. The number of aromatic amines is 1. The number of fused-ring (bicyclic) bond motifs is 1. The molecule has 3 amide bonds. The fourth-order valence-corrected chi connectivity index (χ4v) is 7.75. The summed E-state index contributed by atoms with van der Waals surface area (Å²) in [5, 5.41) is 12.7. The summed E-state index contributed by atoms with van der Waals surface area (Å²) < 4.78 is 6.96. The van der Waals surface area contributed by atoms with Crippen LogP contribution < -0.4 is 25.8 Å². The number of nitrogens with one attached hydrogen (secondary N) is 3. The van der Waals surface area contributed by atoms with Crippen LogP contribution in [0.5, 0.6) is 5.75 Å². The van der Waals surface area contributed by atoms with E-state index in [1.54, 1.807) is 41.2 Å². The average molecular weight is 708 g/mol. The van der Waals surface area contributed by atoms with Crippen LogP contribution in [0.3, 0.4) is 0 Å². The molecular formula is C40H49N7O5. The lowest BCUT2D eigenvalue weighted by atomic mass is 9.87. The Bertz CT molecular complexity index is 1940. The average Bonchev–Trinajstić information content (AvgIpc) is 3.91. The summed E-state index contributed by atoms with van der Waals surface area (Å²) >= 11 is 0. The highest BCUT2D eigenvalue weighted by Crippen LogP contribution is 2.34. The lowest BCUT2D eigenvalue weighted by molar-refractivity contribution is -0.134. The summed E-state index contributed by atoms with van der Waals surface area (Å²) in [6.07, 6.45) is 15.0. The third kappa shape index (κ3) is 8.39. The molecule has 4 fully saturated rings. The molecule has 4 aromatic rings. The van der Waals surface area contributed by atoms with Gasteiger partial charge in [-0.25, -0.2) is 0 Å². The van der Waals surface area contributed by atoms with Crippen LogP contribution in [0.2, 0.25) is 0 Å². The SMILES string of the molecule is COc1cc2[nH]ncc2cc1C(=O)Nc1cccn(C2CC2)c1=O.O=C1CCC(c2ccc(N3CCN(CCC4CCCCC4)CC3)cc2)C(=O)N1. The lowest BCUT2D eigenvalue weighted by Crippen LogP contribution is -2.47. The number of pyridine rings is 1. The Hall–Kier alpha value is -4.97. The second-order valence-electron chi connectivity index (χ2n) is 14.5. The molecule has 0 spiro atoms. The minimum Gasteiger partial charge on any atom is -0.496 e. The van der Waals surface area contributed by atoms with Gasteiger partial charge in [-0.15, -0.1) is 0 Å². The molecule has 1 unspecified atom stereocenters. The first-order valence-electron chi connectivity index (χ1n) is 18.8. The van der Waals surface area contributed by atoms with Crippen molar-refractivity contribution in [1.29, 1.82) is 0 Å². The molecule has 4 heterocycles. The number of methoxy groups -OCH3 is 1. The highest BCUT2D eigenvalue weighted by Gasteiger charge is 2.28. The van der Waals surface area contributed by atoms with Crippen LogP contribution in [0, 0.1) is 5.92 Å². The largest absolute Gasteiger partial charge is 0.496 e. The van der Waals surface area contributed by atoms with Gasteiger partial charge in [0.05, 0.1) is 30.3 Å². The zero-order chi connectivity index (χ0) is 36.0. The second kappa shape index (κ2) is 16.1. The first-order chi connectivity index (χ1) is 25.4. The van der Waals surface area contributed by atoms with Gasteiger partial charge in [0.1, 0.15) is 11.4 Å². The van der Waals surface area contributed by atoms with Crippen molar-refractivity contribution in [3.63, 3.8) is 0 Å². The number of piperazine rings is 1. The maximum atomic E-state index is 12.6. The molecule has 2 aliphatic heterocycles. The maximum Gasteiger partial charge on any atom is 0.274 e. The van der Waals surface area contributed by atoms with E-state index in [4.69, 9.17) is 4.74 Å². The number of piperidine rings is 1. The topological polar surface area (TPSA) is 142 Å². The molecule has 2 aromatic heterocycles. The van der Waals surface area contributed by atoms with E-state index in [9.17, 15) is 19.2 Å². The normalized spacial score (nSPS) is 19.9. The van der Waals surface area contributed by atoms with Crippen molar-refractivity contribution in [2.24, 2.45) is 5.92 Å². The second-order valence-corrected chi connectivity index (χ2v) is 14.5. The molecule has 3 N–H and O–H groups in total. The fourth-order valence-electron chi connectivity index (χ4n) is 7.75. The number of carbonyl (C=O) groups is 3. The molecule has 2 aromatic carbocycles. The predicted molar refractivity (Wildman–Crippen MR) is 201 cm³/mol. The Labute approximate surface area is 303 Å². The summed E-state index contributed by atoms with van der Waals surface area (Å²) in [7, 11) is 1.50. The van der Waals surface area contributed by atoms with Crippen LogP contribution in [-0.4, -0.2) is 77.2 Å². The van der Waals surface area contributed by atoms with Gasteiger partial charge >= 0.3 is 0 Å². The summed E-state index contributed by atoms with van der Waals surface area (Å²) in [5.41, 5.74) is 3.47. The number of nitrogens with zero attached hydrogens (tertiary/aromatic N) is 4. The van der Waals surface area contributed by atoms with E-state index in [2.05, 4.69) is 54.9 Å². The molecule has 0 radical (unpaired) electrons. The summed E-state index contributed by atoms with van der Waals surface area (Å²) in [6, 6.07) is 15.4. The Kier molecular flexibility index (Phi) is 11.0. The van der Waals surface area contributed by atoms with Crippen molar-refractivity contribution in [2.75, 3.05) is 50.1 Å². The zero-order valence-electron chi connectivity index (χ0n) is 29.9. The van der Waals surface area contributed by atoms with Crippen LogP contribution in [0.25, 0.3) is 10.9 Å². The van der Waals surface area contributed by atoms with E-state index < -0.39 is 0 Å². The van der Waals surface area contributed by atoms with Gasteiger partial charge in [-0.3, -0.25) is 34.5 Å². The van der Waals surface area contributed by atoms with Crippen LogP contribution in [0.15, 0.2) is 65.7 Å². The summed E-state index contributed by atoms with van der Waals surface area (Å²) in [6.45, 7) is 5.68. The number of amides is 3. The van der Waals surface area contributed by atoms with E-state index in [0.717, 1.165) is 61.4 Å². The Morgan fingerprint density at radius 1 is 0.942 bits per heavy atom. The maximum absolute atomic E-state index is 12.6. The number of rotatable bonds is 9. The van der Waals surface area contributed by atoms with Crippen molar-refractivity contribution in [2.45, 2.75) is 76.2 Å². The van der Waals surface area contributed by atoms with Crippen LogP contribution >= 0.6 is 0 Å². The van der Waals surface area contributed by atoms with Gasteiger partial charge in [-0.2, -0.15) is 5.10 Å². The summed E-state index contributed by atoms with van der Waals surface area (Å²) in [5.74, 6) is 0.494. The van der Waals surface area contributed by atoms with Gasteiger partial charge in [0.25, 0.3) is 11.5 Å². The number of anilines is 2. The van der Waals surface area contributed by atoms with Crippen LogP contribution in [-0.2, 0) is 9.59 Å². The smallest absolute Gasteiger partial charge is 0.274 e. The van der Waals surface area contributed by atoms with Gasteiger partial charge in [-0.1, -0.05) is 44.2 Å². The molecular weight excluding hydrogens is 658 g/mol. The predicted octanol–water partition coefficient (Wildman–Crippen LogP) is 5.62. The molecule has 2 aliphatic carbocycles. The van der Waals surface area contributed by atoms with Crippen molar-refractivity contribution in [3.05, 3.63) is 82.4 Å². The molecule has 4 aliphatic rings. The molecule has 2 saturated heterocycles. The van der Waals surface area contributed by atoms with Crippen LogP contribution in [0.4, 0.5) is 11.4 Å². The number of aromatic nitrogens is 3. The van der Waals surface area contributed by atoms with Gasteiger partial charge < -0.3 is 19.5 Å². The summed E-state index contributed by atoms with van der Waals surface area (Å²) in [4.78, 5) is 53.5. The van der Waals surface area contributed by atoms with Crippen LogP contribution in [0.1, 0.15) is 92.1 Å². The minimum absolute atomic E-state index is 0.153. The van der Waals surface area contributed by atoms with Crippen molar-refractivity contribution in [1.82, 2.24) is 25.0 Å². The van der Waals surface area contributed by atoms with E-state index in [0.29, 0.717) is 24.2 Å². The Balaban J connectivity index is 0.000000164. The Morgan fingerprint density at radius 3 is 2.42 bits per heavy atom. The van der Waals surface area contributed by atoms with E-state index in [1.165, 1.54) is 57.9 Å². The number of H-pyrrole nitrogens is 1. The number of benzene rings is 2. The third-order valence-electron chi connectivity index (χ3n) is 11.0. The number of carbonyl (C=O) groups excluding carboxylic acids is 3. The number of imide groups is 1. The van der Waals surface area contributed by atoms with E-state index in [-0.39, 0.29) is 40.9 Å². The zero-order valence-corrected chi connectivity index (χ0v) is 29.9. The monoisotopic (exact) mass is 707 g/mol. The number of hydrogen-bond donors (Lipinski definition) is 3. The molecule has 8 rings (SSSR count). The van der Waals surface area contributed by atoms with Gasteiger partial charge in [-0.05, 0) is 74.0 Å². The molecule has 0 bridgehead atoms. The molecule has 1 atom stereocenters. The minimum atomic E-state index is -0.388. The molecule has 2 saturated carbocycles. The van der Waals surface area contributed by atoms with E-state index in [1.807, 2.05) is 0 Å². The van der Waals surface area contributed by atoms with Gasteiger partial charge in [0.2, 0.25) is 11.8 Å². The third-order valence-corrected chi connectivity index (χ3v) is 11.0. The standard InChI is InChI=1S/C23H33N3O2.C17H16N4O3/c27-22-11-10-21(23(28)24-22)19-6-8-20(9-7-19)26-16-14-25(15-17-26)13-12-18-4-2-1-3-5-18;1-24-15-8-14-10(9-18-20-14)7-12(15)16(22)19-13-3-2-6-21(17(13)23)11-4-5-11/h6-9,18,21H,1-5,10-17H2,(H,24,27,28);2-3,6-9,11H,4-5H2,1H3,(H,18,20)(H,19,22). The fraction of sp³-hybridized carbons (Fsp3) is 0.475. The molecule has 274 valence electrons. The lowest BCUT2D eigenvalue weighted by Gasteiger charge is -2.37. The van der Waals surface area contributed by atoms with Gasteiger partial charge in [0, 0.05) is 62.0 Å². The number of ether oxygens (including phenoxy) is 1. The van der Waals surface area contributed by atoms with Crippen molar-refractivity contribution in [3.8, 4) is 5.75 Å². The van der Waals surface area contributed by atoms with Crippen molar-refractivity contribution >= 4 is 40.0 Å². The molecule has 12 nitrogen and oxygen atoms in total. The molecule has 12 heteroatoms. The highest BCUT2D eigenvalue weighted by atomic mass is 16.5. The first-order valence-corrected chi connectivity index (χ1v) is 18.8. The van der Waals surface area contributed by atoms with E-state index >= 15 is 0 Å². The van der Waals surface area contributed by atoms with Crippen molar-refractivity contribution < 1.29 is 19.1 Å². The number of hydrogen-bond acceptors (Lipinski definition) is 8. The Morgan fingerprint density at radius 2 is 1.71 bits per heavy atom. The first kappa shape index (κ1) is 35.4. The quantitative estimate of drug-likeness (QED) is 0.191. The molecule has 52 heavy (non-hydrogen) atoms.